The number of aromatic nitrogens is 4. The summed E-state index contributed by atoms with van der Waals surface area (Å²) in [6.07, 6.45) is 4.55. The fourth-order valence-corrected chi connectivity index (χ4v) is 4.64. The van der Waals surface area contributed by atoms with Gasteiger partial charge < -0.3 is 14.3 Å². The smallest absolute Gasteiger partial charge is 0.191 e. The van der Waals surface area contributed by atoms with E-state index in [1.54, 1.807) is 11.8 Å². The van der Waals surface area contributed by atoms with E-state index in [1.165, 1.54) is 16.6 Å². The first-order chi connectivity index (χ1) is 13.7. The summed E-state index contributed by atoms with van der Waals surface area (Å²) >= 11 is 1.73. The van der Waals surface area contributed by atoms with Gasteiger partial charge in [-0.1, -0.05) is 36.0 Å². The highest BCUT2D eigenvalue weighted by molar-refractivity contribution is 7.99. The molecule has 0 saturated carbocycles. The normalized spacial score (nSPS) is 17.0. The summed E-state index contributed by atoms with van der Waals surface area (Å²) in [4.78, 5) is 5.74. The number of benzene rings is 1. The molecule has 3 aromatic rings. The highest BCUT2D eigenvalue weighted by Gasteiger charge is 2.19. The van der Waals surface area contributed by atoms with Gasteiger partial charge >= 0.3 is 0 Å². The number of hydrogen-bond acceptors (Lipinski definition) is 5. The molecule has 28 heavy (non-hydrogen) atoms. The van der Waals surface area contributed by atoms with Crippen molar-refractivity contribution in [3.63, 3.8) is 0 Å². The van der Waals surface area contributed by atoms with Gasteiger partial charge in [0, 0.05) is 36.7 Å². The van der Waals surface area contributed by atoms with Crippen molar-refractivity contribution in [2.45, 2.75) is 43.7 Å². The average molecular weight is 398 g/mol. The van der Waals surface area contributed by atoms with Crippen molar-refractivity contribution in [3.8, 4) is 0 Å². The van der Waals surface area contributed by atoms with Crippen molar-refractivity contribution in [1.29, 1.82) is 0 Å². The van der Waals surface area contributed by atoms with Gasteiger partial charge in [0.15, 0.2) is 5.16 Å². The zero-order chi connectivity index (χ0) is 19.3. The van der Waals surface area contributed by atoms with Crippen LogP contribution in [0.1, 0.15) is 24.4 Å². The zero-order valence-corrected chi connectivity index (χ0v) is 17.1. The zero-order valence-electron chi connectivity index (χ0n) is 16.3. The lowest BCUT2D eigenvalue weighted by Crippen LogP contribution is -2.20. The molecule has 0 spiro atoms. The quantitative estimate of drug-likeness (QED) is 0.439. The van der Waals surface area contributed by atoms with Crippen molar-refractivity contribution in [1.82, 2.24) is 24.6 Å². The molecule has 0 aliphatic carbocycles. The molecule has 0 radical (unpaired) electrons. The van der Waals surface area contributed by atoms with Gasteiger partial charge in [0.05, 0.1) is 12.6 Å². The molecule has 1 fully saturated rings. The lowest BCUT2D eigenvalue weighted by atomic mass is 10.2. The highest BCUT2D eigenvalue weighted by Crippen LogP contribution is 2.24. The Labute approximate surface area is 170 Å². The molecular formula is C21H27N5OS. The molecular weight excluding hydrogens is 370 g/mol. The minimum Gasteiger partial charge on any atom is -0.377 e. The number of para-hydroxylation sites is 1. The molecule has 2 aromatic heterocycles. The molecule has 1 aromatic carbocycles. The van der Waals surface area contributed by atoms with Gasteiger partial charge in [-0.2, -0.15) is 0 Å². The molecule has 1 atom stereocenters. The van der Waals surface area contributed by atoms with Crippen LogP contribution in [0.5, 0.6) is 0 Å². The van der Waals surface area contributed by atoms with Crippen LogP contribution in [-0.2, 0) is 24.4 Å². The molecule has 0 bridgehead atoms. The SMILES string of the molecule is C=CCn1c(CN(C)Cc2cc3ccccc3[nH]2)nnc1SC[C@H]1CCCO1. The summed E-state index contributed by atoms with van der Waals surface area (Å²) in [5.74, 6) is 1.90. The van der Waals surface area contributed by atoms with Gasteiger partial charge in [0.2, 0.25) is 0 Å². The van der Waals surface area contributed by atoms with E-state index in [-0.39, 0.29) is 0 Å². The Balaban J connectivity index is 1.41. The molecule has 1 aliphatic rings. The van der Waals surface area contributed by atoms with Gasteiger partial charge in [0.25, 0.3) is 0 Å². The van der Waals surface area contributed by atoms with Crippen molar-refractivity contribution in [2.75, 3.05) is 19.4 Å². The summed E-state index contributed by atoms with van der Waals surface area (Å²) in [7, 11) is 2.11. The van der Waals surface area contributed by atoms with Crippen LogP contribution in [0.2, 0.25) is 0 Å². The van der Waals surface area contributed by atoms with E-state index in [0.29, 0.717) is 6.10 Å². The third-order valence-corrected chi connectivity index (χ3v) is 6.06. The minimum absolute atomic E-state index is 0.340. The molecule has 0 unspecified atom stereocenters. The van der Waals surface area contributed by atoms with Gasteiger partial charge in [0.1, 0.15) is 5.82 Å². The van der Waals surface area contributed by atoms with E-state index < -0.39 is 0 Å². The van der Waals surface area contributed by atoms with E-state index in [4.69, 9.17) is 4.74 Å². The maximum atomic E-state index is 5.73. The fourth-order valence-electron chi connectivity index (χ4n) is 3.61. The first-order valence-electron chi connectivity index (χ1n) is 9.75. The first-order valence-corrected chi connectivity index (χ1v) is 10.7. The van der Waals surface area contributed by atoms with Crippen molar-refractivity contribution in [2.24, 2.45) is 0 Å². The van der Waals surface area contributed by atoms with Crippen LogP contribution < -0.4 is 0 Å². The van der Waals surface area contributed by atoms with Crippen molar-refractivity contribution < 1.29 is 4.74 Å². The summed E-state index contributed by atoms with van der Waals surface area (Å²) in [6.45, 7) is 7.06. The second kappa shape index (κ2) is 8.94. The molecule has 3 heterocycles. The Morgan fingerprint density at radius 2 is 2.25 bits per heavy atom. The number of nitrogens with zero attached hydrogens (tertiary/aromatic N) is 4. The van der Waals surface area contributed by atoms with Gasteiger partial charge in [-0.15, -0.1) is 16.8 Å². The number of allylic oxidation sites excluding steroid dienone is 1. The number of fused-ring (bicyclic) bond motifs is 1. The second-order valence-corrected chi connectivity index (χ2v) is 8.29. The third-order valence-electron chi connectivity index (χ3n) is 4.96. The molecule has 148 valence electrons. The summed E-state index contributed by atoms with van der Waals surface area (Å²) in [5.41, 5.74) is 2.38. The van der Waals surface area contributed by atoms with Crippen LogP contribution >= 0.6 is 11.8 Å². The molecule has 1 aliphatic heterocycles. The lowest BCUT2D eigenvalue weighted by molar-refractivity contribution is 0.129. The van der Waals surface area contributed by atoms with Crippen molar-refractivity contribution >= 4 is 22.7 Å². The standard InChI is InChI=1S/C21H27N5OS/c1-3-10-26-20(23-24-21(26)28-15-18-8-6-11-27-18)14-25(2)13-17-12-16-7-4-5-9-19(16)22-17/h3-5,7,9,12,18,22H,1,6,8,10-11,13-15H2,2H3/t18-/m1/s1. The van der Waals surface area contributed by atoms with E-state index in [2.05, 4.69) is 68.6 Å². The van der Waals surface area contributed by atoms with Gasteiger partial charge in [-0.25, -0.2) is 0 Å². The van der Waals surface area contributed by atoms with Crippen LogP contribution in [-0.4, -0.2) is 50.2 Å². The van der Waals surface area contributed by atoms with Crippen LogP contribution in [0.3, 0.4) is 0 Å². The van der Waals surface area contributed by atoms with Gasteiger partial charge in [-0.05, 0) is 37.4 Å². The first kappa shape index (κ1) is 19.2. The number of hydrogen-bond donors (Lipinski definition) is 1. The number of ether oxygens (including phenoxy) is 1. The van der Waals surface area contributed by atoms with E-state index in [0.717, 1.165) is 55.8 Å². The molecule has 4 rings (SSSR count). The Hall–Kier alpha value is -2.09. The highest BCUT2D eigenvalue weighted by atomic mass is 32.2. The maximum absolute atomic E-state index is 5.73. The molecule has 7 heteroatoms. The van der Waals surface area contributed by atoms with Crippen LogP contribution in [0.25, 0.3) is 10.9 Å². The number of H-pyrrole nitrogens is 1. The predicted octanol–water partition coefficient (Wildman–Crippen LogP) is 3.85. The monoisotopic (exact) mass is 397 g/mol. The Morgan fingerprint density at radius 1 is 1.36 bits per heavy atom. The number of rotatable bonds is 9. The van der Waals surface area contributed by atoms with E-state index >= 15 is 0 Å². The average Bonchev–Trinajstić information content (AvgIpc) is 3.41. The number of thioether (sulfide) groups is 1. The second-order valence-electron chi connectivity index (χ2n) is 7.30. The minimum atomic E-state index is 0.340. The summed E-state index contributed by atoms with van der Waals surface area (Å²) in [5, 5.41) is 11.1. The Morgan fingerprint density at radius 3 is 3.04 bits per heavy atom. The van der Waals surface area contributed by atoms with E-state index in [1.807, 2.05) is 6.08 Å². The topological polar surface area (TPSA) is 59.0 Å². The molecule has 6 nitrogen and oxygen atoms in total. The predicted molar refractivity (Wildman–Crippen MR) is 113 cm³/mol. The summed E-state index contributed by atoms with van der Waals surface area (Å²) in [6, 6.07) is 10.6. The molecule has 1 saturated heterocycles. The lowest BCUT2D eigenvalue weighted by Gasteiger charge is -2.16. The maximum Gasteiger partial charge on any atom is 0.191 e. The van der Waals surface area contributed by atoms with Crippen LogP contribution in [0.15, 0.2) is 48.1 Å². The largest absolute Gasteiger partial charge is 0.377 e. The fraction of sp³-hybridized carbons (Fsp3) is 0.429. The Bertz CT molecular complexity index is 895. The van der Waals surface area contributed by atoms with Gasteiger partial charge in [-0.3, -0.25) is 4.90 Å². The molecule has 0 amide bonds. The van der Waals surface area contributed by atoms with E-state index in [9.17, 15) is 0 Å². The Kier molecular flexibility index (Phi) is 6.14. The molecule has 1 N–H and O–H groups in total. The van der Waals surface area contributed by atoms with Crippen molar-refractivity contribution in [3.05, 3.63) is 54.5 Å². The number of aromatic amines is 1. The number of nitrogens with one attached hydrogen (secondary N) is 1. The van der Waals surface area contributed by atoms with Crippen LogP contribution in [0.4, 0.5) is 0 Å². The third kappa shape index (κ3) is 4.48. The summed E-state index contributed by atoms with van der Waals surface area (Å²) < 4.78 is 7.89. The van der Waals surface area contributed by atoms with Crippen LogP contribution in [0, 0.1) is 0 Å².